The van der Waals surface area contributed by atoms with Crippen molar-refractivity contribution < 1.29 is 14.0 Å². The lowest BCUT2D eigenvalue weighted by molar-refractivity contribution is -0.136. The minimum absolute atomic E-state index is 0.274. The standard InChI is InChI=1S/C23H20ClFN4O2/c1-14-9-15(2)11-18(10-14)27-22(30)23(31)29-26-13-16-12-17(24)7-8-20(16)28-21-6-4-3-5-19(21)25/h3-13,28H,1-2H3,(H,27,30)(H,29,31)/b26-13-. The highest BCUT2D eigenvalue weighted by atomic mass is 35.5. The van der Waals surface area contributed by atoms with E-state index in [4.69, 9.17) is 11.6 Å². The average Bonchev–Trinajstić information content (AvgIpc) is 2.70. The molecule has 31 heavy (non-hydrogen) atoms. The Hall–Kier alpha value is -3.71. The summed E-state index contributed by atoms with van der Waals surface area (Å²) in [5.41, 5.74) is 5.91. The van der Waals surface area contributed by atoms with Gasteiger partial charge in [-0.1, -0.05) is 29.8 Å². The zero-order valence-corrected chi connectivity index (χ0v) is 17.6. The van der Waals surface area contributed by atoms with Gasteiger partial charge in [0, 0.05) is 22.0 Å². The number of para-hydroxylation sites is 1. The molecule has 0 aliphatic rings. The fraction of sp³-hybridized carbons (Fsp3) is 0.0870. The third-order valence-electron chi connectivity index (χ3n) is 4.21. The number of benzene rings is 3. The monoisotopic (exact) mass is 438 g/mol. The molecule has 3 rings (SSSR count). The second kappa shape index (κ2) is 9.86. The molecule has 3 N–H and O–H groups in total. The number of hydrogen-bond donors (Lipinski definition) is 3. The van der Waals surface area contributed by atoms with Gasteiger partial charge in [-0.3, -0.25) is 9.59 Å². The molecule has 6 nitrogen and oxygen atoms in total. The number of nitrogens with one attached hydrogen (secondary N) is 3. The molecule has 0 aliphatic heterocycles. The number of hydrogen-bond acceptors (Lipinski definition) is 4. The molecular formula is C23H20ClFN4O2. The summed E-state index contributed by atoms with van der Waals surface area (Å²) in [6.07, 6.45) is 1.32. The summed E-state index contributed by atoms with van der Waals surface area (Å²) in [6, 6.07) is 16.6. The van der Waals surface area contributed by atoms with Gasteiger partial charge in [0.2, 0.25) is 0 Å². The highest BCUT2D eigenvalue weighted by Crippen LogP contribution is 2.24. The van der Waals surface area contributed by atoms with E-state index in [1.54, 1.807) is 48.5 Å². The second-order valence-corrected chi connectivity index (χ2v) is 7.30. The van der Waals surface area contributed by atoms with Crippen LogP contribution in [0.2, 0.25) is 5.02 Å². The van der Waals surface area contributed by atoms with Crippen LogP contribution in [-0.4, -0.2) is 18.0 Å². The molecule has 0 bridgehead atoms. The van der Waals surface area contributed by atoms with Crippen LogP contribution in [0, 0.1) is 19.7 Å². The van der Waals surface area contributed by atoms with Crippen molar-refractivity contribution in [1.29, 1.82) is 0 Å². The van der Waals surface area contributed by atoms with Crippen molar-refractivity contribution in [1.82, 2.24) is 5.43 Å². The summed E-state index contributed by atoms with van der Waals surface area (Å²) in [5, 5.41) is 9.74. The molecule has 0 saturated carbocycles. The van der Waals surface area contributed by atoms with E-state index >= 15 is 0 Å². The Balaban J connectivity index is 1.68. The predicted molar refractivity (Wildman–Crippen MR) is 121 cm³/mol. The summed E-state index contributed by atoms with van der Waals surface area (Å²) in [6.45, 7) is 3.79. The molecule has 0 fully saturated rings. The van der Waals surface area contributed by atoms with Crippen LogP contribution in [0.5, 0.6) is 0 Å². The minimum atomic E-state index is -0.930. The Morgan fingerprint density at radius 1 is 0.935 bits per heavy atom. The molecule has 0 aliphatic carbocycles. The van der Waals surface area contributed by atoms with E-state index in [9.17, 15) is 14.0 Å². The van der Waals surface area contributed by atoms with Gasteiger partial charge in [-0.05, 0) is 67.4 Å². The number of amides is 2. The van der Waals surface area contributed by atoms with Crippen molar-refractivity contribution in [3.8, 4) is 0 Å². The van der Waals surface area contributed by atoms with Gasteiger partial charge in [0.05, 0.1) is 11.9 Å². The molecule has 158 valence electrons. The van der Waals surface area contributed by atoms with Crippen LogP contribution >= 0.6 is 11.6 Å². The highest BCUT2D eigenvalue weighted by molar-refractivity contribution is 6.39. The van der Waals surface area contributed by atoms with Gasteiger partial charge >= 0.3 is 11.8 Å². The Labute approximate surface area is 184 Å². The SMILES string of the molecule is Cc1cc(C)cc(NC(=O)C(=O)N/N=C\c2cc(Cl)ccc2Nc2ccccc2F)c1. The number of aryl methyl sites for hydroxylation is 2. The Morgan fingerprint density at radius 3 is 2.35 bits per heavy atom. The molecule has 0 saturated heterocycles. The predicted octanol–water partition coefficient (Wildman–Crippen LogP) is 4.93. The van der Waals surface area contributed by atoms with Crippen LogP contribution in [0.1, 0.15) is 16.7 Å². The summed E-state index contributed by atoms with van der Waals surface area (Å²) < 4.78 is 13.9. The molecule has 0 radical (unpaired) electrons. The molecule has 3 aromatic carbocycles. The lowest BCUT2D eigenvalue weighted by Gasteiger charge is -2.11. The lowest BCUT2D eigenvalue weighted by atomic mass is 10.1. The Morgan fingerprint density at radius 2 is 1.65 bits per heavy atom. The van der Waals surface area contributed by atoms with E-state index < -0.39 is 17.6 Å². The smallest absolute Gasteiger partial charge is 0.329 e. The van der Waals surface area contributed by atoms with Crippen molar-refractivity contribution >= 4 is 46.7 Å². The Kier molecular flexibility index (Phi) is 6.99. The minimum Gasteiger partial charge on any atom is -0.353 e. The van der Waals surface area contributed by atoms with E-state index in [0.29, 0.717) is 22.0 Å². The zero-order valence-electron chi connectivity index (χ0n) is 16.9. The largest absolute Gasteiger partial charge is 0.353 e. The number of anilines is 3. The molecule has 0 unspecified atom stereocenters. The molecule has 0 heterocycles. The maximum absolute atomic E-state index is 13.9. The van der Waals surface area contributed by atoms with Gasteiger partial charge in [-0.25, -0.2) is 9.82 Å². The first-order valence-electron chi connectivity index (χ1n) is 9.35. The third kappa shape index (κ3) is 6.13. The summed E-state index contributed by atoms with van der Waals surface area (Å²) in [7, 11) is 0. The summed E-state index contributed by atoms with van der Waals surface area (Å²) >= 11 is 6.04. The van der Waals surface area contributed by atoms with Crippen molar-refractivity contribution in [3.63, 3.8) is 0 Å². The average molecular weight is 439 g/mol. The van der Waals surface area contributed by atoms with E-state index in [0.717, 1.165) is 11.1 Å². The van der Waals surface area contributed by atoms with Gasteiger partial charge in [0.25, 0.3) is 0 Å². The topological polar surface area (TPSA) is 82.6 Å². The van der Waals surface area contributed by atoms with E-state index in [1.807, 2.05) is 19.9 Å². The third-order valence-corrected chi connectivity index (χ3v) is 4.45. The number of carbonyl (C=O) groups is 2. The molecular weight excluding hydrogens is 419 g/mol. The normalized spacial score (nSPS) is 10.7. The van der Waals surface area contributed by atoms with Crippen LogP contribution in [0.15, 0.2) is 65.8 Å². The first-order chi connectivity index (χ1) is 14.8. The first-order valence-corrected chi connectivity index (χ1v) is 9.73. The molecule has 2 amide bonds. The van der Waals surface area contributed by atoms with Gasteiger partial charge < -0.3 is 10.6 Å². The number of carbonyl (C=O) groups excluding carboxylic acids is 2. The number of rotatable bonds is 5. The van der Waals surface area contributed by atoms with Gasteiger partial charge in [-0.2, -0.15) is 5.10 Å². The summed E-state index contributed by atoms with van der Waals surface area (Å²) in [4.78, 5) is 24.2. The highest BCUT2D eigenvalue weighted by Gasteiger charge is 2.13. The molecule has 0 spiro atoms. The lowest BCUT2D eigenvalue weighted by Crippen LogP contribution is -2.32. The van der Waals surface area contributed by atoms with Gasteiger partial charge in [0.15, 0.2) is 0 Å². The number of nitrogens with zero attached hydrogens (tertiary/aromatic N) is 1. The van der Waals surface area contributed by atoms with Crippen LogP contribution in [0.4, 0.5) is 21.5 Å². The van der Waals surface area contributed by atoms with Crippen molar-refractivity contribution in [2.75, 3.05) is 10.6 Å². The van der Waals surface area contributed by atoms with E-state index in [1.165, 1.54) is 12.3 Å². The molecule has 0 atom stereocenters. The van der Waals surface area contributed by atoms with Crippen molar-refractivity contribution in [3.05, 3.63) is 88.2 Å². The quantitative estimate of drug-likeness (QED) is 0.300. The van der Waals surface area contributed by atoms with Crippen LogP contribution < -0.4 is 16.1 Å². The van der Waals surface area contributed by atoms with Gasteiger partial charge in [-0.15, -0.1) is 0 Å². The zero-order chi connectivity index (χ0) is 22.4. The number of hydrazone groups is 1. The fourth-order valence-electron chi connectivity index (χ4n) is 2.91. The van der Waals surface area contributed by atoms with Crippen molar-refractivity contribution in [2.45, 2.75) is 13.8 Å². The van der Waals surface area contributed by atoms with E-state index in [2.05, 4.69) is 21.2 Å². The fourth-order valence-corrected chi connectivity index (χ4v) is 3.09. The van der Waals surface area contributed by atoms with Crippen LogP contribution in [0.3, 0.4) is 0 Å². The van der Waals surface area contributed by atoms with Crippen LogP contribution in [-0.2, 0) is 9.59 Å². The molecule has 0 aromatic heterocycles. The Bertz CT molecular complexity index is 1140. The van der Waals surface area contributed by atoms with E-state index in [-0.39, 0.29) is 5.69 Å². The van der Waals surface area contributed by atoms with Crippen LogP contribution in [0.25, 0.3) is 0 Å². The second-order valence-electron chi connectivity index (χ2n) is 6.87. The maximum atomic E-state index is 13.9. The molecule has 3 aromatic rings. The first kappa shape index (κ1) is 22.0. The van der Waals surface area contributed by atoms with Gasteiger partial charge in [0.1, 0.15) is 5.82 Å². The number of halogens is 2. The summed E-state index contributed by atoms with van der Waals surface area (Å²) in [5.74, 6) is -2.20. The maximum Gasteiger partial charge on any atom is 0.329 e. The van der Waals surface area contributed by atoms with Crippen molar-refractivity contribution in [2.24, 2.45) is 5.10 Å². The molecule has 8 heteroatoms.